The molecule has 0 spiro atoms. The Morgan fingerprint density at radius 3 is 2.69 bits per heavy atom. The number of hydrogen-bond donors (Lipinski definition) is 2. The summed E-state index contributed by atoms with van der Waals surface area (Å²) < 4.78 is 46.9. The molecule has 0 unspecified atom stereocenters. The summed E-state index contributed by atoms with van der Waals surface area (Å²) >= 11 is 0. The number of fused-ring (bicyclic) bond motifs is 1. The quantitative estimate of drug-likeness (QED) is 0.482. The number of hydrogen-bond acceptors (Lipinski definition) is 6. The van der Waals surface area contributed by atoms with Crippen LogP contribution in [0.5, 0.6) is 0 Å². The van der Waals surface area contributed by atoms with E-state index in [1.54, 1.807) is 23.2 Å². The number of morpholine rings is 1. The van der Waals surface area contributed by atoms with Gasteiger partial charge < -0.3 is 15.0 Å². The minimum Gasteiger partial charge on any atom is -0.378 e. The van der Waals surface area contributed by atoms with Gasteiger partial charge in [0.15, 0.2) is 0 Å². The average molecular weight is 440 g/mol. The highest BCUT2D eigenvalue weighted by Gasteiger charge is 2.36. The predicted molar refractivity (Wildman–Crippen MR) is 115 cm³/mol. The first-order valence-electron chi connectivity index (χ1n) is 10.0. The number of nitrogens with zero attached hydrogens (tertiary/aromatic N) is 4. The second-order valence-corrected chi connectivity index (χ2v) is 7.38. The lowest BCUT2D eigenvalue weighted by Gasteiger charge is -2.32. The summed E-state index contributed by atoms with van der Waals surface area (Å²) in [6.45, 7) is 1.50. The van der Waals surface area contributed by atoms with Gasteiger partial charge in [-0.1, -0.05) is 12.1 Å². The topological polar surface area (TPSA) is 79.0 Å². The molecule has 5 rings (SSSR count). The van der Waals surface area contributed by atoms with E-state index in [0.717, 1.165) is 22.7 Å². The van der Waals surface area contributed by atoms with Crippen molar-refractivity contribution >= 4 is 28.1 Å². The van der Waals surface area contributed by atoms with Crippen LogP contribution in [0.25, 0.3) is 22.2 Å². The molecule has 0 amide bonds. The molecule has 0 aliphatic carbocycles. The van der Waals surface area contributed by atoms with Crippen molar-refractivity contribution in [1.82, 2.24) is 20.2 Å². The van der Waals surface area contributed by atoms with Crippen molar-refractivity contribution in [2.45, 2.75) is 6.18 Å². The molecule has 1 aliphatic heterocycles. The highest BCUT2D eigenvalue weighted by Crippen LogP contribution is 2.42. The summed E-state index contributed by atoms with van der Waals surface area (Å²) in [6.07, 6.45) is -1.43. The van der Waals surface area contributed by atoms with E-state index in [4.69, 9.17) is 4.74 Å². The largest absolute Gasteiger partial charge is 0.418 e. The molecule has 3 heterocycles. The molecule has 2 N–H and O–H groups in total. The minimum absolute atomic E-state index is 0.118. The molecule has 0 radical (unpaired) electrons. The number of aromatic amines is 1. The Bertz CT molecular complexity index is 1250. The van der Waals surface area contributed by atoms with E-state index in [9.17, 15) is 13.2 Å². The summed E-state index contributed by atoms with van der Waals surface area (Å²) in [4.78, 5) is 10.2. The number of aromatic nitrogens is 4. The average Bonchev–Trinajstić information content (AvgIpc) is 3.27. The molecule has 7 nitrogen and oxygen atoms in total. The van der Waals surface area contributed by atoms with Crippen molar-refractivity contribution in [3.63, 3.8) is 0 Å². The first kappa shape index (κ1) is 20.3. The first-order chi connectivity index (χ1) is 15.5. The van der Waals surface area contributed by atoms with Crippen LogP contribution < -0.4 is 10.2 Å². The SMILES string of the molecule is FC(F)(F)c1cccc(-c2cc(Nc3ccc4[nH]ncc4c3)ncn2)c1N1CCOCC1. The fraction of sp³-hybridized carbons (Fsp3) is 0.227. The number of ether oxygens (including phenoxy) is 1. The van der Waals surface area contributed by atoms with Gasteiger partial charge in [-0.3, -0.25) is 5.10 Å². The van der Waals surface area contributed by atoms with Crippen LogP contribution in [0.2, 0.25) is 0 Å². The predicted octanol–water partition coefficient (Wildman–Crippen LogP) is 4.62. The number of alkyl halides is 3. The lowest BCUT2D eigenvalue weighted by molar-refractivity contribution is -0.137. The zero-order valence-corrected chi connectivity index (χ0v) is 16.9. The van der Waals surface area contributed by atoms with Crippen LogP contribution in [0.4, 0.5) is 30.4 Å². The maximum absolute atomic E-state index is 13.9. The molecule has 164 valence electrons. The Morgan fingerprint density at radius 1 is 1.03 bits per heavy atom. The van der Waals surface area contributed by atoms with Crippen LogP contribution in [-0.2, 0) is 10.9 Å². The zero-order valence-electron chi connectivity index (χ0n) is 16.9. The molecular weight excluding hydrogens is 421 g/mol. The summed E-state index contributed by atoms with van der Waals surface area (Å²) in [5.74, 6) is 0.475. The van der Waals surface area contributed by atoms with E-state index in [1.807, 2.05) is 18.2 Å². The van der Waals surface area contributed by atoms with Gasteiger partial charge in [0.05, 0.1) is 41.9 Å². The molecule has 0 bridgehead atoms. The third-order valence-corrected chi connectivity index (χ3v) is 5.32. The van der Waals surface area contributed by atoms with Gasteiger partial charge in [-0.25, -0.2) is 9.97 Å². The highest BCUT2D eigenvalue weighted by atomic mass is 19.4. The number of rotatable bonds is 4. The van der Waals surface area contributed by atoms with E-state index in [0.29, 0.717) is 43.4 Å². The molecule has 0 atom stereocenters. The summed E-state index contributed by atoms with van der Waals surface area (Å²) in [6, 6.07) is 11.5. The molecule has 1 aliphatic rings. The number of para-hydroxylation sites is 1. The van der Waals surface area contributed by atoms with Gasteiger partial charge in [-0.2, -0.15) is 18.3 Å². The van der Waals surface area contributed by atoms with Gasteiger partial charge in [0, 0.05) is 35.8 Å². The van der Waals surface area contributed by atoms with Gasteiger partial charge in [-0.15, -0.1) is 0 Å². The molecule has 10 heteroatoms. The van der Waals surface area contributed by atoms with Gasteiger partial charge in [0.25, 0.3) is 0 Å². The Morgan fingerprint density at radius 2 is 1.88 bits per heavy atom. The number of anilines is 3. The fourth-order valence-corrected chi connectivity index (χ4v) is 3.85. The minimum atomic E-state index is -4.49. The smallest absolute Gasteiger partial charge is 0.378 e. The number of halogens is 3. The normalized spacial score (nSPS) is 14.7. The van der Waals surface area contributed by atoms with Gasteiger partial charge in [0.2, 0.25) is 0 Å². The van der Waals surface area contributed by atoms with Crippen molar-refractivity contribution in [2.75, 3.05) is 36.5 Å². The molecule has 32 heavy (non-hydrogen) atoms. The van der Waals surface area contributed by atoms with Crippen molar-refractivity contribution in [2.24, 2.45) is 0 Å². The van der Waals surface area contributed by atoms with Crippen LogP contribution in [0.3, 0.4) is 0 Å². The maximum Gasteiger partial charge on any atom is 0.418 e. The van der Waals surface area contributed by atoms with E-state index < -0.39 is 11.7 Å². The van der Waals surface area contributed by atoms with Crippen LogP contribution in [0.1, 0.15) is 5.56 Å². The zero-order chi connectivity index (χ0) is 22.1. The second kappa shape index (κ2) is 8.12. The molecular formula is C22H19F3N6O. The van der Waals surface area contributed by atoms with Gasteiger partial charge in [0.1, 0.15) is 12.1 Å². The standard InChI is InChI=1S/C22H19F3N6O/c23-22(24,25)17-3-1-2-16(21(17)31-6-8-32-9-7-31)19-11-20(27-13-26-19)29-15-4-5-18-14(10-15)12-28-30-18/h1-5,10-13H,6-9H2,(H,28,30)(H,26,27,29). The molecule has 2 aromatic heterocycles. The van der Waals surface area contributed by atoms with Crippen LogP contribution in [0.15, 0.2) is 55.0 Å². The van der Waals surface area contributed by atoms with Crippen molar-refractivity contribution in [3.05, 3.63) is 60.6 Å². The lowest BCUT2D eigenvalue weighted by Crippen LogP contribution is -2.37. The second-order valence-electron chi connectivity index (χ2n) is 7.38. The Balaban J connectivity index is 1.54. The highest BCUT2D eigenvalue weighted by molar-refractivity contribution is 5.84. The van der Waals surface area contributed by atoms with E-state index >= 15 is 0 Å². The van der Waals surface area contributed by atoms with Crippen molar-refractivity contribution < 1.29 is 17.9 Å². The number of benzene rings is 2. The number of nitrogens with one attached hydrogen (secondary N) is 2. The van der Waals surface area contributed by atoms with E-state index in [1.165, 1.54) is 12.4 Å². The molecule has 1 saturated heterocycles. The fourth-order valence-electron chi connectivity index (χ4n) is 3.85. The molecule has 4 aromatic rings. The summed E-state index contributed by atoms with van der Waals surface area (Å²) in [5.41, 5.74) is 1.92. The third kappa shape index (κ3) is 3.96. The summed E-state index contributed by atoms with van der Waals surface area (Å²) in [5, 5.41) is 11.0. The Labute approximate surface area is 181 Å². The molecule has 1 fully saturated rings. The van der Waals surface area contributed by atoms with Gasteiger partial charge in [-0.05, 0) is 24.3 Å². The van der Waals surface area contributed by atoms with Crippen molar-refractivity contribution in [1.29, 1.82) is 0 Å². The maximum atomic E-state index is 13.9. The Kier molecular flexibility index (Phi) is 5.14. The van der Waals surface area contributed by atoms with Crippen LogP contribution in [-0.4, -0.2) is 46.5 Å². The van der Waals surface area contributed by atoms with E-state index in [-0.39, 0.29) is 5.69 Å². The number of H-pyrrole nitrogens is 1. The van der Waals surface area contributed by atoms with Gasteiger partial charge >= 0.3 is 6.18 Å². The lowest BCUT2D eigenvalue weighted by atomic mass is 10.0. The molecule has 0 saturated carbocycles. The Hall–Kier alpha value is -3.66. The van der Waals surface area contributed by atoms with Crippen LogP contribution in [0, 0.1) is 0 Å². The summed E-state index contributed by atoms with van der Waals surface area (Å²) in [7, 11) is 0. The third-order valence-electron chi connectivity index (χ3n) is 5.32. The first-order valence-corrected chi connectivity index (χ1v) is 10.0. The molecule has 2 aromatic carbocycles. The van der Waals surface area contributed by atoms with Crippen molar-refractivity contribution in [3.8, 4) is 11.3 Å². The van der Waals surface area contributed by atoms with Crippen LogP contribution >= 0.6 is 0 Å². The monoisotopic (exact) mass is 440 g/mol. The van der Waals surface area contributed by atoms with E-state index in [2.05, 4.69) is 25.5 Å².